The third kappa shape index (κ3) is 1.72. The van der Waals surface area contributed by atoms with Crippen LogP contribution in [-0.4, -0.2) is 14.6 Å². The van der Waals surface area contributed by atoms with Crippen LogP contribution in [0.3, 0.4) is 0 Å². The summed E-state index contributed by atoms with van der Waals surface area (Å²) in [7, 11) is 0. The number of fused-ring (bicyclic) bond motifs is 1. The Balaban J connectivity index is 2.23. The second kappa shape index (κ2) is 4.14. The molecule has 90 valence electrons. The van der Waals surface area contributed by atoms with Gasteiger partial charge >= 0.3 is 0 Å². The first kappa shape index (κ1) is 11.3. The Morgan fingerprint density at radius 3 is 2.71 bits per heavy atom. The Hall–Kier alpha value is -0.800. The summed E-state index contributed by atoms with van der Waals surface area (Å²) in [5.41, 5.74) is 2.72. The molecule has 0 spiro atoms. The first-order chi connectivity index (χ1) is 8.18. The SMILES string of the molecule is Cc1cnn2c(Cl)c(C3CCCC3)c(Cl)nc12. The Kier molecular flexibility index (Phi) is 2.75. The molecule has 5 heteroatoms. The molecule has 2 heterocycles. The van der Waals surface area contributed by atoms with Crippen LogP contribution in [0.25, 0.3) is 5.65 Å². The van der Waals surface area contributed by atoms with Crippen molar-refractivity contribution in [3.8, 4) is 0 Å². The maximum atomic E-state index is 6.42. The first-order valence-corrected chi connectivity index (χ1v) is 6.63. The predicted molar refractivity (Wildman–Crippen MR) is 69.0 cm³/mol. The van der Waals surface area contributed by atoms with Gasteiger partial charge in [-0.05, 0) is 25.7 Å². The molecular weight excluding hydrogens is 257 g/mol. The molecule has 1 fully saturated rings. The van der Waals surface area contributed by atoms with E-state index < -0.39 is 0 Å². The molecule has 1 aliphatic rings. The minimum Gasteiger partial charge on any atom is -0.216 e. The van der Waals surface area contributed by atoms with Crippen LogP contribution in [0, 0.1) is 6.92 Å². The fourth-order valence-corrected chi connectivity index (χ4v) is 3.35. The number of rotatable bonds is 1. The number of hydrogen-bond acceptors (Lipinski definition) is 2. The van der Waals surface area contributed by atoms with Crippen LogP contribution in [-0.2, 0) is 0 Å². The molecule has 3 rings (SSSR count). The Labute approximate surface area is 110 Å². The van der Waals surface area contributed by atoms with Gasteiger partial charge in [0.15, 0.2) is 5.65 Å². The van der Waals surface area contributed by atoms with Crippen molar-refractivity contribution in [3.63, 3.8) is 0 Å². The van der Waals surface area contributed by atoms with Crippen molar-refractivity contribution < 1.29 is 0 Å². The summed E-state index contributed by atoms with van der Waals surface area (Å²) >= 11 is 12.7. The largest absolute Gasteiger partial charge is 0.216 e. The summed E-state index contributed by atoms with van der Waals surface area (Å²) in [5.74, 6) is 0.441. The summed E-state index contributed by atoms with van der Waals surface area (Å²) in [4.78, 5) is 4.42. The molecule has 0 amide bonds. The molecule has 0 radical (unpaired) electrons. The van der Waals surface area contributed by atoms with E-state index in [0.717, 1.165) is 29.6 Å². The van der Waals surface area contributed by atoms with Crippen LogP contribution in [0.1, 0.15) is 42.7 Å². The van der Waals surface area contributed by atoms with Gasteiger partial charge in [-0.3, -0.25) is 0 Å². The average molecular weight is 270 g/mol. The summed E-state index contributed by atoms with van der Waals surface area (Å²) < 4.78 is 1.69. The monoisotopic (exact) mass is 269 g/mol. The van der Waals surface area contributed by atoms with E-state index in [4.69, 9.17) is 23.2 Å². The second-order valence-corrected chi connectivity index (χ2v) is 5.37. The lowest BCUT2D eigenvalue weighted by Gasteiger charge is -2.14. The first-order valence-electron chi connectivity index (χ1n) is 5.87. The number of aryl methyl sites for hydroxylation is 1. The van der Waals surface area contributed by atoms with Gasteiger partial charge in [0.05, 0.1) is 6.20 Å². The molecule has 2 aromatic heterocycles. The van der Waals surface area contributed by atoms with Crippen LogP contribution >= 0.6 is 23.2 Å². The van der Waals surface area contributed by atoms with Crippen LogP contribution in [0.15, 0.2) is 6.20 Å². The molecule has 0 saturated heterocycles. The van der Waals surface area contributed by atoms with Gasteiger partial charge in [0, 0.05) is 11.1 Å². The van der Waals surface area contributed by atoms with E-state index >= 15 is 0 Å². The van der Waals surface area contributed by atoms with Crippen molar-refractivity contribution in [1.29, 1.82) is 0 Å². The van der Waals surface area contributed by atoms with E-state index in [1.165, 1.54) is 12.8 Å². The lowest BCUT2D eigenvalue weighted by atomic mass is 10.0. The maximum Gasteiger partial charge on any atom is 0.161 e. The zero-order valence-corrected chi connectivity index (χ0v) is 11.1. The average Bonchev–Trinajstić information content (AvgIpc) is 2.90. The lowest BCUT2D eigenvalue weighted by molar-refractivity contribution is 0.708. The van der Waals surface area contributed by atoms with Gasteiger partial charge < -0.3 is 0 Å². The zero-order chi connectivity index (χ0) is 12.0. The Morgan fingerprint density at radius 2 is 2.00 bits per heavy atom. The fourth-order valence-electron chi connectivity index (χ4n) is 2.61. The predicted octanol–water partition coefficient (Wildman–Crippen LogP) is 4.00. The van der Waals surface area contributed by atoms with Crippen LogP contribution in [0.2, 0.25) is 10.3 Å². The number of halogens is 2. The van der Waals surface area contributed by atoms with E-state index in [9.17, 15) is 0 Å². The molecule has 0 aliphatic heterocycles. The molecule has 0 unspecified atom stereocenters. The zero-order valence-electron chi connectivity index (χ0n) is 9.58. The van der Waals surface area contributed by atoms with Crippen LogP contribution < -0.4 is 0 Å². The molecule has 1 aliphatic carbocycles. The minimum absolute atomic E-state index is 0.441. The van der Waals surface area contributed by atoms with Crippen molar-refractivity contribution in [2.75, 3.05) is 0 Å². The molecule has 0 bridgehead atoms. The standard InChI is InChI=1S/C12H13Cl2N3/c1-7-6-15-17-11(14)9(8-4-2-3-5-8)10(13)16-12(7)17/h6,8H,2-5H2,1H3. The molecule has 0 atom stereocenters. The van der Waals surface area contributed by atoms with Crippen molar-refractivity contribution in [2.45, 2.75) is 38.5 Å². The third-order valence-electron chi connectivity index (χ3n) is 3.52. The molecule has 0 N–H and O–H groups in total. The van der Waals surface area contributed by atoms with Crippen molar-refractivity contribution in [2.24, 2.45) is 0 Å². The van der Waals surface area contributed by atoms with Gasteiger partial charge in [-0.15, -0.1) is 0 Å². The number of nitrogens with zero attached hydrogens (tertiary/aromatic N) is 3. The van der Waals surface area contributed by atoms with E-state index in [2.05, 4.69) is 10.1 Å². The molecule has 17 heavy (non-hydrogen) atoms. The molecular formula is C12H13Cl2N3. The van der Waals surface area contributed by atoms with Gasteiger partial charge in [0.2, 0.25) is 0 Å². The third-order valence-corrected chi connectivity index (χ3v) is 4.17. The normalized spacial score (nSPS) is 17.1. The van der Waals surface area contributed by atoms with Gasteiger partial charge in [0.25, 0.3) is 0 Å². The molecule has 2 aromatic rings. The Morgan fingerprint density at radius 1 is 1.29 bits per heavy atom. The lowest BCUT2D eigenvalue weighted by Crippen LogP contribution is -2.03. The summed E-state index contributed by atoms with van der Waals surface area (Å²) in [5, 5.41) is 5.42. The van der Waals surface area contributed by atoms with E-state index in [0.29, 0.717) is 16.2 Å². The molecule has 1 saturated carbocycles. The highest BCUT2D eigenvalue weighted by Gasteiger charge is 2.25. The summed E-state index contributed by atoms with van der Waals surface area (Å²) in [6.07, 6.45) is 6.55. The minimum atomic E-state index is 0.441. The molecule has 3 nitrogen and oxygen atoms in total. The second-order valence-electron chi connectivity index (χ2n) is 4.65. The van der Waals surface area contributed by atoms with Crippen LogP contribution in [0.5, 0.6) is 0 Å². The highest BCUT2D eigenvalue weighted by Crippen LogP contribution is 2.40. The van der Waals surface area contributed by atoms with Gasteiger partial charge in [-0.1, -0.05) is 36.0 Å². The van der Waals surface area contributed by atoms with E-state index in [1.54, 1.807) is 10.7 Å². The highest BCUT2D eigenvalue weighted by atomic mass is 35.5. The topological polar surface area (TPSA) is 30.2 Å². The van der Waals surface area contributed by atoms with Gasteiger partial charge in [-0.25, -0.2) is 9.50 Å². The summed E-state index contributed by atoms with van der Waals surface area (Å²) in [6, 6.07) is 0. The molecule has 0 aromatic carbocycles. The van der Waals surface area contributed by atoms with E-state index in [1.807, 2.05) is 6.92 Å². The fraction of sp³-hybridized carbons (Fsp3) is 0.500. The Bertz CT molecular complexity index is 571. The van der Waals surface area contributed by atoms with Crippen molar-refractivity contribution in [1.82, 2.24) is 14.6 Å². The maximum absolute atomic E-state index is 6.42. The van der Waals surface area contributed by atoms with Crippen LogP contribution in [0.4, 0.5) is 0 Å². The summed E-state index contributed by atoms with van der Waals surface area (Å²) in [6.45, 7) is 1.96. The van der Waals surface area contributed by atoms with E-state index in [-0.39, 0.29) is 0 Å². The van der Waals surface area contributed by atoms with Gasteiger partial charge in [0.1, 0.15) is 10.3 Å². The van der Waals surface area contributed by atoms with Crippen molar-refractivity contribution in [3.05, 3.63) is 27.6 Å². The quantitative estimate of drug-likeness (QED) is 0.733. The van der Waals surface area contributed by atoms with Crippen molar-refractivity contribution >= 4 is 28.8 Å². The smallest absolute Gasteiger partial charge is 0.161 e. The highest BCUT2D eigenvalue weighted by molar-refractivity contribution is 6.35. The van der Waals surface area contributed by atoms with Gasteiger partial charge in [-0.2, -0.15) is 5.10 Å². The number of hydrogen-bond donors (Lipinski definition) is 0. The number of aromatic nitrogens is 3.